The zero-order valence-electron chi connectivity index (χ0n) is 11.3. The summed E-state index contributed by atoms with van der Waals surface area (Å²) in [6.45, 7) is 0. The number of thiazole rings is 1. The molecule has 0 saturated carbocycles. The highest BCUT2D eigenvalue weighted by molar-refractivity contribution is 7.22. The average Bonchev–Trinajstić information content (AvgIpc) is 2.90. The van der Waals surface area contributed by atoms with E-state index in [2.05, 4.69) is 10.3 Å². The number of esters is 1. The number of aromatic nitrogens is 1. The predicted octanol–water partition coefficient (Wildman–Crippen LogP) is 3.41. The third-order valence-corrected chi connectivity index (χ3v) is 3.94. The second kappa shape index (κ2) is 5.41. The number of anilines is 3. The average molecular weight is 299 g/mol. The lowest BCUT2D eigenvalue weighted by molar-refractivity contribution is 0.0602. The van der Waals surface area contributed by atoms with Crippen LogP contribution in [0.15, 0.2) is 42.5 Å². The second-order valence-electron chi connectivity index (χ2n) is 4.41. The van der Waals surface area contributed by atoms with E-state index in [1.165, 1.54) is 18.4 Å². The smallest absolute Gasteiger partial charge is 0.340 e. The Bertz CT molecular complexity index is 781. The molecule has 21 heavy (non-hydrogen) atoms. The van der Waals surface area contributed by atoms with Crippen LogP contribution in [0.4, 0.5) is 16.5 Å². The number of para-hydroxylation sites is 1. The van der Waals surface area contributed by atoms with Gasteiger partial charge in [-0.2, -0.15) is 0 Å². The van der Waals surface area contributed by atoms with Crippen molar-refractivity contribution in [1.29, 1.82) is 0 Å². The van der Waals surface area contributed by atoms with Crippen LogP contribution in [0.3, 0.4) is 0 Å². The molecule has 0 aliphatic carbocycles. The van der Waals surface area contributed by atoms with Gasteiger partial charge < -0.3 is 15.8 Å². The van der Waals surface area contributed by atoms with E-state index in [1.807, 2.05) is 24.3 Å². The Morgan fingerprint density at radius 2 is 2.10 bits per heavy atom. The summed E-state index contributed by atoms with van der Waals surface area (Å²) in [5.74, 6) is -0.439. The minimum Gasteiger partial charge on any atom is -0.465 e. The first kappa shape index (κ1) is 13.4. The topological polar surface area (TPSA) is 77.2 Å². The van der Waals surface area contributed by atoms with E-state index in [9.17, 15) is 4.79 Å². The Morgan fingerprint density at radius 3 is 2.86 bits per heavy atom. The number of carbonyl (C=O) groups is 1. The molecule has 106 valence electrons. The van der Waals surface area contributed by atoms with Crippen LogP contribution < -0.4 is 11.1 Å². The van der Waals surface area contributed by atoms with E-state index >= 15 is 0 Å². The van der Waals surface area contributed by atoms with Crippen LogP contribution in [-0.4, -0.2) is 18.1 Å². The largest absolute Gasteiger partial charge is 0.465 e. The van der Waals surface area contributed by atoms with Crippen LogP contribution in [0, 0.1) is 0 Å². The van der Waals surface area contributed by atoms with Crippen LogP contribution >= 0.6 is 11.3 Å². The van der Waals surface area contributed by atoms with Crippen molar-refractivity contribution in [3.8, 4) is 0 Å². The van der Waals surface area contributed by atoms with Gasteiger partial charge in [-0.3, -0.25) is 0 Å². The molecule has 0 aliphatic rings. The number of ether oxygens (including phenoxy) is 1. The molecule has 0 unspecified atom stereocenters. The normalized spacial score (nSPS) is 10.5. The van der Waals surface area contributed by atoms with Crippen LogP contribution in [0.2, 0.25) is 0 Å². The maximum atomic E-state index is 11.8. The summed E-state index contributed by atoms with van der Waals surface area (Å²) in [7, 11) is 1.34. The minimum absolute atomic E-state index is 0.386. The highest BCUT2D eigenvalue weighted by Gasteiger charge is 2.14. The molecule has 3 aromatic rings. The summed E-state index contributed by atoms with van der Waals surface area (Å²) >= 11 is 1.52. The summed E-state index contributed by atoms with van der Waals surface area (Å²) in [5, 5.41) is 3.87. The van der Waals surface area contributed by atoms with Gasteiger partial charge in [0, 0.05) is 5.69 Å². The van der Waals surface area contributed by atoms with E-state index in [0.717, 1.165) is 10.2 Å². The zero-order chi connectivity index (χ0) is 14.8. The van der Waals surface area contributed by atoms with Crippen molar-refractivity contribution < 1.29 is 9.53 Å². The predicted molar refractivity (Wildman–Crippen MR) is 85.1 cm³/mol. The van der Waals surface area contributed by atoms with Gasteiger partial charge >= 0.3 is 5.97 Å². The van der Waals surface area contributed by atoms with E-state index in [0.29, 0.717) is 22.1 Å². The van der Waals surface area contributed by atoms with E-state index in [-0.39, 0.29) is 0 Å². The van der Waals surface area contributed by atoms with Crippen molar-refractivity contribution in [1.82, 2.24) is 4.98 Å². The van der Waals surface area contributed by atoms with E-state index in [1.54, 1.807) is 18.2 Å². The molecule has 0 radical (unpaired) electrons. The molecule has 1 aromatic heterocycles. The summed E-state index contributed by atoms with van der Waals surface area (Å²) in [5.41, 5.74) is 8.15. The zero-order valence-corrected chi connectivity index (χ0v) is 12.1. The number of nitrogens with one attached hydrogen (secondary N) is 1. The molecule has 2 aromatic carbocycles. The first-order valence-electron chi connectivity index (χ1n) is 6.28. The summed E-state index contributed by atoms with van der Waals surface area (Å²) in [4.78, 5) is 16.3. The number of benzene rings is 2. The first-order valence-corrected chi connectivity index (χ1v) is 7.09. The quantitative estimate of drug-likeness (QED) is 0.572. The second-order valence-corrected chi connectivity index (χ2v) is 5.44. The molecule has 0 spiro atoms. The molecule has 0 aliphatic heterocycles. The van der Waals surface area contributed by atoms with Crippen LogP contribution in [0.5, 0.6) is 0 Å². The number of hydrogen-bond acceptors (Lipinski definition) is 6. The molecule has 3 N–H and O–H groups in total. The molecular weight excluding hydrogens is 286 g/mol. The van der Waals surface area contributed by atoms with Gasteiger partial charge in [0.2, 0.25) is 0 Å². The Labute approximate surface area is 125 Å². The standard InChI is InChI=1S/C15H13N3O2S/c1-20-14(19)10-8-9(16)6-7-11(10)17-15-18-12-4-2-3-5-13(12)21-15/h2-8H,16H2,1H3,(H,17,18). The van der Waals surface area contributed by atoms with Crippen molar-refractivity contribution in [3.63, 3.8) is 0 Å². The van der Waals surface area contributed by atoms with Gasteiger partial charge in [0.1, 0.15) is 0 Å². The maximum Gasteiger partial charge on any atom is 0.340 e. The van der Waals surface area contributed by atoms with Gasteiger partial charge in [0.05, 0.1) is 28.6 Å². The Kier molecular flexibility index (Phi) is 3.45. The van der Waals surface area contributed by atoms with E-state index in [4.69, 9.17) is 10.5 Å². The number of methoxy groups -OCH3 is 1. The maximum absolute atomic E-state index is 11.8. The molecule has 6 heteroatoms. The van der Waals surface area contributed by atoms with Crippen molar-refractivity contribution >= 4 is 44.0 Å². The highest BCUT2D eigenvalue weighted by Crippen LogP contribution is 2.30. The fraction of sp³-hybridized carbons (Fsp3) is 0.0667. The van der Waals surface area contributed by atoms with Crippen LogP contribution in [-0.2, 0) is 4.74 Å². The first-order chi connectivity index (χ1) is 10.2. The molecule has 0 bridgehead atoms. The van der Waals surface area contributed by atoms with Gasteiger partial charge in [0.25, 0.3) is 0 Å². The Balaban J connectivity index is 1.99. The van der Waals surface area contributed by atoms with Gasteiger partial charge in [-0.1, -0.05) is 23.5 Å². The number of nitrogens with two attached hydrogens (primary N) is 1. The molecule has 5 nitrogen and oxygen atoms in total. The number of hydrogen-bond donors (Lipinski definition) is 2. The monoisotopic (exact) mass is 299 g/mol. The SMILES string of the molecule is COC(=O)c1cc(N)ccc1Nc1nc2ccccc2s1. The van der Waals surface area contributed by atoms with Crippen LogP contribution in [0.25, 0.3) is 10.2 Å². The Hall–Kier alpha value is -2.60. The van der Waals surface area contributed by atoms with Gasteiger partial charge in [-0.25, -0.2) is 9.78 Å². The summed E-state index contributed by atoms with van der Waals surface area (Å²) in [6, 6.07) is 12.9. The molecule has 0 atom stereocenters. The molecular formula is C15H13N3O2S. The van der Waals surface area contributed by atoms with Gasteiger partial charge in [-0.05, 0) is 30.3 Å². The molecule has 1 heterocycles. The van der Waals surface area contributed by atoms with Crippen molar-refractivity contribution in [2.45, 2.75) is 0 Å². The molecule has 0 amide bonds. The fourth-order valence-electron chi connectivity index (χ4n) is 1.99. The van der Waals surface area contributed by atoms with Crippen molar-refractivity contribution in [2.24, 2.45) is 0 Å². The Morgan fingerprint density at radius 1 is 1.29 bits per heavy atom. The van der Waals surface area contributed by atoms with Crippen molar-refractivity contribution in [2.75, 3.05) is 18.2 Å². The number of nitrogen functional groups attached to an aromatic ring is 1. The summed E-state index contributed by atoms with van der Waals surface area (Å²) < 4.78 is 5.86. The third kappa shape index (κ3) is 2.66. The lowest BCUT2D eigenvalue weighted by Crippen LogP contribution is -2.06. The molecule has 0 saturated heterocycles. The lowest BCUT2D eigenvalue weighted by atomic mass is 10.1. The fourth-order valence-corrected chi connectivity index (χ4v) is 2.87. The highest BCUT2D eigenvalue weighted by atomic mass is 32.1. The minimum atomic E-state index is -0.439. The third-order valence-electron chi connectivity index (χ3n) is 2.98. The molecule has 0 fully saturated rings. The lowest BCUT2D eigenvalue weighted by Gasteiger charge is -2.09. The number of rotatable bonds is 3. The van der Waals surface area contributed by atoms with Crippen molar-refractivity contribution in [3.05, 3.63) is 48.0 Å². The van der Waals surface area contributed by atoms with Crippen LogP contribution in [0.1, 0.15) is 10.4 Å². The summed E-state index contributed by atoms with van der Waals surface area (Å²) in [6.07, 6.45) is 0. The van der Waals surface area contributed by atoms with Gasteiger partial charge in [0.15, 0.2) is 5.13 Å². The number of carbonyl (C=O) groups excluding carboxylic acids is 1. The van der Waals surface area contributed by atoms with E-state index < -0.39 is 5.97 Å². The number of fused-ring (bicyclic) bond motifs is 1. The van der Waals surface area contributed by atoms with Gasteiger partial charge in [-0.15, -0.1) is 0 Å². The molecule has 3 rings (SSSR count). The number of nitrogens with zero attached hydrogens (tertiary/aromatic N) is 1.